The maximum Gasteiger partial charge on any atom is 0.407 e. The van der Waals surface area contributed by atoms with Crippen LogP contribution < -0.4 is 5.32 Å². The van der Waals surface area contributed by atoms with Crippen LogP contribution in [0.2, 0.25) is 0 Å². The molecule has 0 radical (unpaired) electrons. The van der Waals surface area contributed by atoms with E-state index in [1.54, 1.807) is 20.8 Å². The number of benzene rings is 2. The summed E-state index contributed by atoms with van der Waals surface area (Å²) in [5, 5.41) is 6.24. The Labute approximate surface area is 247 Å². The Balaban J connectivity index is 1.63. The first-order valence-corrected chi connectivity index (χ1v) is 14.5. The van der Waals surface area contributed by atoms with Crippen molar-refractivity contribution in [2.45, 2.75) is 77.9 Å². The number of unbranched alkanes of at least 4 members (excludes halogenated alkanes) is 1. The lowest BCUT2D eigenvalue weighted by Crippen LogP contribution is -2.40. The first kappa shape index (κ1) is 32.5. The fraction of sp³-hybridized carbons (Fsp3) is 0.531. The fourth-order valence-corrected chi connectivity index (χ4v) is 5.00. The molecular formula is C32H42N4O6. The van der Waals surface area contributed by atoms with Gasteiger partial charge in [-0.15, -0.1) is 0 Å². The lowest BCUT2D eigenvalue weighted by atomic mass is 9.98. The van der Waals surface area contributed by atoms with Crippen molar-refractivity contribution in [3.8, 4) is 11.1 Å². The zero-order chi connectivity index (χ0) is 30.7. The average molecular weight is 579 g/mol. The van der Waals surface area contributed by atoms with Gasteiger partial charge < -0.3 is 19.5 Å². The third kappa shape index (κ3) is 9.52. The molecule has 0 aromatic heterocycles. The number of rotatable bonds is 14. The van der Waals surface area contributed by atoms with Crippen LogP contribution >= 0.6 is 0 Å². The van der Waals surface area contributed by atoms with E-state index in [0.29, 0.717) is 32.2 Å². The quantitative estimate of drug-likeness (QED) is 0.0644. The fourth-order valence-electron chi connectivity index (χ4n) is 5.00. The van der Waals surface area contributed by atoms with E-state index in [9.17, 15) is 14.4 Å². The molecule has 10 nitrogen and oxygen atoms in total. The molecule has 1 N–H and O–H groups in total. The van der Waals surface area contributed by atoms with Gasteiger partial charge in [0.25, 0.3) is 0 Å². The first-order valence-electron chi connectivity index (χ1n) is 14.5. The summed E-state index contributed by atoms with van der Waals surface area (Å²) >= 11 is 0. The second kappa shape index (κ2) is 15.3. The molecule has 2 aromatic rings. The SMILES string of the molecule is CC(C)C[C@H](OC(=O)[C@H](CCCCN=[N+]=[N-])CNC(=O)OCC1c2ccccc2-c2ccccc21)C(=O)OC(C)(C)C. The van der Waals surface area contributed by atoms with Gasteiger partial charge in [-0.3, -0.25) is 4.79 Å². The van der Waals surface area contributed by atoms with Crippen molar-refractivity contribution in [1.29, 1.82) is 0 Å². The molecule has 0 aliphatic heterocycles. The maximum absolute atomic E-state index is 13.3. The second-order valence-corrected chi connectivity index (χ2v) is 11.9. The lowest BCUT2D eigenvalue weighted by molar-refractivity contribution is -0.178. The molecule has 1 amide bonds. The minimum Gasteiger partial charge on any atom is -0.457 e. The van der Waals surface area contributed by atoms with Crippen molar-refractivity contribution in [2.75, 3.05) is 19.7 Å². The van der Waals surface area contributed by atoms with Crippen LogP contribution in [0.15, 0.2) is 53.6 Å². The summed E-state index contributed by atoms with van der Waals surface area (Å²) in [7, 11) is 0. The van der Waals surface area contributed by atoms with Crippen LogP contribution in [0.3, 0.4) is 0 Å². The Kier molecular flexibility index (Phi) is 11.8. The average Bonchev–Trinajstić information content (AvgIpc) is 3.25. The van der Waals surface area contributed by atoms with E-state index in [-0.39, 0.29) is 25.0 Å². The van der Waals surface area contributed by atoms with Gasteiger partial charge in [-0.1, -0.05) is 73.9 Å². The molecule has 2 aromatic carbocycles. The highest BCUT2D eigenvalue weighted by Crippen LogP contribution is 2.44. The number of carbonyl (C=O) groups is 3. The van der Waals surface area contributed by atoms with Gasteiger partial charge >= 0.3 is 18.0 Å². The van der Waals surface area contributed by atoms with Crippen molar-refractivity contribution < 1.29 is 28.6 Å². The summed E-state index contributed by atoms with van der Waals surface area (Å²) < 4.78 is 16.8. The molecule has 0 bridgehead atoms. The van der Waals surface area contributed by atoms with Crippen molar-refractivity contribution in [3.63, 3.8) is 0 Å². The highest BCUT2D eigenvalue weighted by atomic mass is 16.6. The van der Waals surface area contributed by atoms with Crippen LogP contribution in [0.5, 0.6) is 0 Å². The number of esters is 2. The van der Waals surface area contributed by atoms with Crippen LogP contribution in [0.25, 0.3) is 21.6 Å². The first-order chi connectivity index (χ1) is 20.0. The Bertz CT molecular complexity index is 1240. The van der Waals surface area contributed by atoms with E-state index >= 15 is 0 Å². The maximum atomic E-state index is 13.3. The van der Waals surface area contributed by atoms with E-state index in [4.69, 9.17) is 19.7 Å². The van der Waals surface area contributed by atoms with Gasteiger partial charge in [-0.2, -0.15) is 0 Å². The summed E-state index contributed by atoms with van der Waals surface area (Å²) in [4.78, 5) is 41.6. The summed E-state index contributed by atoms with van der Waals surface area (Å²) in [5.41, 5.74) is 12.3. The largest absolute Gasteiger partial charge is 0.457 e. The van der Waals surface area contributed by atoms with E-state index in [2.05, 4.69) is 27.5 Å². The zero-order valence-electron chi connectivity index (χ0n) is 25.2. The standard InChI is InChI=1S/C32H42N4O6/c1-21(2)18-28(30(38)42-32(3,4)5)41-29(37)22(12-10-11-17-35-36-33)19-34-31(39)40-20-27-25-15-8-6-13-23(25)24-14-7-9-16-26(24)27/h6-9,13-16,21-22,27-28H,10-12,17-20H2,1-5H3,(H,34,39)/t22-,28+/m1/s1. The molecule has 1 aliphatic rings. The van der Waals surface area contributed by atoms with Gasteiger partial charge in [0, 0.05) is 23.9 Å². The molecule has 0 saturated heterocycles. The number of nitrogens with one attached hydrogen (secondary N) is 1. The number of azide groups is 1. The number of hydrogen-bond acceptors (Lipinski definition) is 7. The summed E-state index contributed by atoms with van der Waals surface area (Å²) in [5.74, 6) is -1.94. The normalized spacial score (nSPS) is 13.8. The predicted octanol–water partition coefficient (Wildman–Crippen LogP) is 6.92. The molecular weight excluding hydrogens is 536 g/mol. The highest BCUT2D eigenvalue weighted by molar-refractivity contribution is 5.81. The zero-order valence-corrected chi connectivity index (χ0v) is 25.2. The van der Waals surface area contributed by atoms with Crippen LogP contribution in [0.1, 0.15) is 77.3 Å². The number of alkyl carbamates (subject to hydrolysis) is 1. The Morgan fingerprint density at radius 3 is 2.17 bits per heavy atom. The highest BCUT2D eigenvalue weighted by Gasteiger charge is 2.33. The number of ether oxygens (including phenoxy) is 3. The topological polar surface area (TPSA) is 140 Å². The second-order valence-electron chi connectivity index (χ2n) is 11.9. The van der Waals surface area contributed by atoms with E-state index in [1.165, 1.54) is 0 Å². The third-order valence-corrected chi connectivity index (χ3v) is 6.91. The predicted molar refractivity (Wildman–Crippen MR) is 160 cm³/mol. The summed E-state index contributed by atoms with van der Waals surface area (Å²) in [6.45, 7) is 9.54. The molecule has 42 heavy (non-hydrogen) atoms. The lowest BCUT2D eigenvalue weighted by Gasteiger charge is -2.26. The molecule has 226 valence electrons. The van der Waals surface area contributed by atoms with E-state index in [1.807, 2.05) is 50.2 Å². The molecule has 3 rings (SSSR count). The van der Waals surface area contributed by atoms with Crippen molar-refractivity contribution in [3.05, 3.63) is 70.1 Å². The smallest absolute Gasteiger partial charge is 0.407 e. The molecule has 0 heterocycles. The van der Waals surface area contributed by atoms with Crippen molar-refractivity contribution in [1.82, 2.24) is 5.32 Å². The Morgan fingerprint density at radius 1 is 0.976 bits per heavy atom. The van der Waals surface area contributed by atoms with Crippen LogP contribution in [-0.2, 0) is 23.8 Å². The molecule has 0 saturated carbocycles. The van der Waals surface area contributed by atoms with Crippen molar-refractivity contribution >= 4 is 18.0 Å². The molecule has 1 aliphatic carbocycles. The minimum absolute atomic E-state index is 0.0280. The van der Waals surface area contributed by atoms with Gasteiger partial charge in [0.15, 0.2) is 6.10 Å². The Hall–Kier alpha value is -4.04. The number of nitrogens with zero attached hydrogens (tertiary/aromatic N) is 3. The van der Waals surface area contributed by atoms with E-state index in [0.717, 1.165) is 22.3 Å². The van der Waals surface area contributed by atoms with Crippen LogP contribution in [0.4, 0.5) is 4.79 Å². The number of hydrogen-bond donors (Lipinski definition) is 1. The van der Waals surface area contributed by atoms with E-state index < -0.39 is 35.7 Å². The van der Waals surface area contributed by atoms with Crippen LogP contribution in [0, 0.1) is 11.8 Å². The van der Waals surface area contributed by atoms with Crippen molar-refractivity contribution in [2.24, 2.45) is 17.0 Å². The molecule has 2 atom stereocenters. The monoisotopic (exact) mass is 578 g/mol. The summed E-state index contributed by atoms with van der Waals surface area (Å²) in [6.07, 6.45) is 0.106. The Morgan fingerprint density at radius 2 is 1.60 bits per heavy atom. The number of amides is 1. The van der Waals surface area contributed by atoms with Crippen LogP contribution in [-0.4, -0.2) is 49.4 Å². The van der Waals surface area contributed by atoms with Gasteiger partial charge in [0.05, 0.1) is 5.92 Å². The minimum atomic E-state index is -1.06. The molecule has 10 heteroatoms. The molecule has 0 spiro atoms. The van der Waals surface area contributed by atoms with Gasteiger partial charge in [-0.05, 0) is 73.7 Å². The number of fused-ring (bicyclic) bond motifs is 3. The molecule has 0 fully saturated rings. The van der Waals surface area contributed by atoms with Gasteiger partial charge in [0.2, 0.25) is 0 Å². The van der Waals surface area contributed by atoms with Gasteiger partial charge in [-0.25, -0.2) is 9.59 Å². The summed E-state index contributed by atoms with van der Waals surface area (Å²) in [6, 6.07) is 16.1. The number of carbonyl (C=O) groups excluding carboxylic acids is 3. The third-order valence-electron chi connectivity index (χ3n) is 6.91. The van der Waals surface area contributed by atoms with Gasteiger partial charge in [0.1, 0.15) is 12.2 Å². The molecule has 0 unspecified atom stereocenters.